The van der Waals surface area contributed by atoms with Crippen LogP contribution in [0.15, 0.2) is 36.4 Å². The number of rotatable bonds is 4. The van der Waals surface area contributed by atoms with Crippen LogP contribution in [-0.4, -0.2) is 7.11 Å². The minimum atomic E-state index is -0.773. The van der Waals surface area contributed by atoms with Crippen molar-refractivity contribution < 1.29 is 9.13 Å². The number of hydrogen-bond acceptors (Lipinski definition) is 2. The molecule has 0 amide bonds. The zero-order valence-corrected chi connectivity index (χ0v) is 13.0. The maximum Gasteiger partial charge on any atom is 0.124 e. The highest BCUT2D eigenvalue weighted by Crippen LogP contribution is 2.39. The predicted molar refractivity (Wildman–Crippen MR) is 84.1 cm³/mol. The Balaban J connectivity index is 2.71. The van der Waals surface area contributed by atoms with Crippen molar-refractivity contribution in [2.45, 2.75) is 32.7 Å². The molecule has 1 atom stereocenters. The Labute approximate surface area is 125 Å². The topological polar surface area (TPSA) is 35.2 Å². The van der Waals surface area contributed by atoms with Crippen LogP contribution in [0.5, 0.6) is 5.75 Å². The Kier molecular flexibility index (Phi) is 4.33. The third-order valence-electron chi connectivity index (χ3n) is 4.01. The fourth-order valence-corrected chi connectivity index (χ4v) is 2.95. The minimum absolute atomic E-state index is 0.278. The third-order valence-corrected chi connectivity index (χ3v) is 4.01. The van der Waals surface area contributed by atoms with E-state index in [1.54, 1.807) is 13.2 Å². The maximum absolute atomic E-state index is 13.6. The van der Waals surface area contributed by atoms with Gasteiger partial charge in [0.15, 0.2) is 0 Å². The van der Waals surface area contributed by atoms with Crippen LogP contribution in [0.1, 0.15) is 35.6 Å². The van der Waals surface area contributed by atoms with Crippen LogP contribution >= 0.6 is 0 Å². The normalized spacial score (nSPS) is 13.8. The van der Waals surface area contributed by atoms with E-state index in [9.17, 15) is 4.39 Å². The van der Waals surface area contributed by atoms with Gasteiger partial charge in [-0.05, 0) is 55.2 Å². The number of ether oxygens (including phenoxy) is 1. The number of aryl methyl sites for hydroxylation is 2. The lowest BCUT2D eigenvalue weighted by Gasteiger charge is -2.32. The molecule has 21 heavy (non-hydrogen) atoms. The van der Waals surface area contributed by atoms with Crippen LogP contribution in [0.2, 0.25) is 0 Å². The van der Waals surface area contributed by atoms with Crippen molar-refractivity contribution in [1.82, 2.24) is 0 Å². The zero-order valence-electron chi connectivity index (χ0n) is 13.0. The molecule has 0 bridgehead atoms. The predicted octanol–water partition coefficient (Wildman–Crippen LogP) is 4.06. The summed E-state index contributed by atoms with van der Waals surface area (Å²) in [7, 11) is 1.64. The first-order valence-corrected chi connectivity index (χ1v) is 7.13. The molecule has 0 radical (unpaired) electrons. The standard InChI is InChI=1S/C18H22FNO/c1-5-18(20,14-7-6-8-15(19)11-14)17-13(3)9-12(2)10-16(17)21-4/h6-11H,5,20H2,1-4H3. The van der Waals surface area contributed by atoms with Gasteiger partial charge in [-0.1, -0.05) is 25.1 Å². The van der Waals surface area contributed by atoms with Crippen LogP contribution < -0.4 is 10.5 Å². The highest BCUT2D eigenvalue weighted by molar-refractivity contribution is 5.52. The van der Waals surface area contributed by atoms with Crippen LogP contribution in [0.3, 0.4) is 0 Å². The molecule has 2 rings (SSSR count). The van der Waals surface area contributed by atoms with Gasteiger partial charge in [-0.2, -0.15) is 0 Å². The van der Waals surface area contributed by atoms with E-state index in [1.807, 2.05) is 32.9 Å². The molecule has 0 heterocycles. The Hall–Kier alpha value is -1.87. The summed E-state index contributed by atoms with van der Waals surface area (Å²) in [4.78, 5) is 0. The summed E-state index contributed by atoms with van der Waals surface area (Å²) in [5.41, 5.74) is 9.77. The number of benzene rings is 2. The molecule has 0 saturated heterocycles. The van der Waals surface area contributed by atoms with Gasteiger partial charge in [-0.3, -0.25) is 0 Å². The highest BCUT2D eigenvalue weighted by Gasteiger charge is 2.32. The van der Waals surface area contributed by atoms with Gasteiger partial charge in [0.2, 0.25) is 0 Å². The molecule has 0 fully saturated rings. The summed E-state index contributed by atoms with van der Waals surface area (Å²) in [5.74, 6) is 0.473. The summed E-state index contributed by atoms with van der Waals surface area (Å²) in [6.45, 7) is 6.04. The fourth-order valence-electron chi connectivity index (χ4n) is 2.95. The highest BCUT2D eigenvalue weighted by atomic mass is 19.1. The molecule has 0 aromatic heterocycles. The molecule has 0 aliphatic carbocycles. The average Bonchev–Trinajstić information content (AvgIpc) is 2.45. The monoisotopic (exact) mass is 287 g/mol. The Bertz CT molecular complexity index is 654. The molecule has 2 aromatic carbocycles. The minimum Gasteiger partial charge on any atom is -0.496 e. The van der Waals surface area contributed by atoms with E-state index in [2.05, 4.69) is 6.07 Å². The molecule has 112 valence electrons. The van der Waals surface area contributed by atoms with E-state index in [0.29, 0.717) is 6.42 Å². The largest absolute Gasteiger partial charge is 0.496 e. The van der Waals surface area contributed by atoms with Gasteiger partial charge in [0.25, 0.3) is 0 Å². The maximum atomic E-state index is 13.6. The van der Waals surface area contributed by atoms with E-state index in [-0.39, 0.29) is 5.82 Å². The molecule has 0 aliphatic rings. The molecule has 0 spiro atoms. The second-order valence-electron chi connectivity index (χ2n) is 5.49. The molecular formula is C18H22FNO. The van der Waals surface area contributed by atoms with Gasteiger partial charge in [-0.15, -0.1) is 0 Å². The first-order chi connectivity index (χ1) is 9.92. The summed E-state index contributed by atoms with van der Waals surface area (Å²) in [6.07, 6.45) is 0.650. The second-order valence-corrected chi connectivity index (χ2v) is 5.49. The number of halogens is 1. The van der Waals surface area contributed by atoms with Crippen molar-refractivity contribution in [2.24, 2.45) is 5.73 Å². The third kappa shape index (κ3) is 2.79. The molecule has 2 nitrogen and oxygen atoms in total. The zero-order chi connectivity index (χ0) is 15.6. The molecule has 0 aliphatic heterocycles. The van der Waals surface area contributed by atoms with Gasteiger partial charge in [0, 0.05) is 5.56 Å². The van der Waals surface area contributed by atoms with Crippen molar-refractivity contribution in [3.8, 4) is 5.75 Å². The lowest BCUT2D eigenvalue weighted by molar-refractivity contribution is 0.390. The quantitative estimate of drug-likeness (QED) is 0.920. The van der Waals surface area contributed by atoms with Gasteiger partial charge in [0.1, 0.15) is 11.6 Å². The average molecular weight is 287 g/mol. The van der Waals surface area contributed by atoms with Crippen molar-refractivity contribution >= 4 is 0 Å². The summed E-state index contributed by atoms with van der Waals surface area (Å²) in [5, 5.41) is 0. The number of hydrogen-bond donors (Lipinski definition) is 1. The number of methoxy groups -OCH3 is 1. The molecular weight excluding hydrogens is 265 g/mol. The summed E-state index contributed by atoms with van der Waals surface area (Å²) in [6, 6.07) is 10.5. The van der Waals surface area contributed by atoms with E-state index in [4.69, 9.17) is 10.5 Å². The van der Waals surface area contributed by atoms with E-state index >= 15 is 0 Å². The number of nitrogens with two attached hydrogens (primary N) is 1. The van der Waals surface area contributed by atoms with Gasteiger partial charge in [0.05, 0.1) is 12.6 Å². The molecule has 0 saturated carbocycles. The van der Waals surface area contributed by atoms with E-state index in [0.717, 1.165) is 28.0 Å². The SMILES string of the molecule is CCC(N)(c1cccc(F)c1)c1c(C)cc(C)cc1OC. The smallest absolute Gasteiger partial charge is 0.124 e. The van der Waals surface area contributed by atoms with Crippen LogP contribution in [-0.2, 0) is 5.54 Å². The molecule has 3 heteroatoms. The lowest BCUT2D eigenvalue weighted by Crippen LogP contribution is -2.38. The summed E-state index contributed by atoms with van der Waals surface area (Å²) < 4.78 is 19.1. The van der Waals surface area contributed by atoms with Crippen molar-refractivity contribution in [2.75, 3.05) is 7.11 Å². The summed E-state index contributed by atoms with van der Waals surface area (Å²) >= 11 is 0. The molecule has 2 N–H and O–H groups in total. The second kappa shape index (κ2) is 5.86. The van der Waals surface area contributed by atoms with Gasteiger partial charge >= 0.3 is 0 Å². The molecule has 1 unspecified atom stereocenters. The lowest BCUT2D eigenvalue weighted by atomic mass is 9.78. The fraction of sp³-hybridized carbons (Fsp3) is 0.333. The Morgan fingerprint density at radius 1 is 1.19 bits per heavy atom. The first-order valence-electron chi connectivity index (χ1n) is 7.13. The van der Waals surface area contributed by atoms with Gasteiger partial charge in [-0.25, -0.2) is 4.39 Å². The van der Waals surface area contributed by atoms with Crippen LogP contribution in [0, 0.1) is 19.7 Å². The molecule has 2 aromatic rings. The van der Waals surface area contributed by atoms with E-state index < -0.39 is 5.54 Å². The van der Waals surface area contributed by atoms with Crippen LogP contribution in [0.4, 0.5) is 4.39 Å². The Morgan fingerprint density at radius 3 is 2.48 bits per heavy atom. The van der Waals surface area contributed by atoms with Crippen molar-refractivity contribution in [3.05, 3.63) is 64.5 Å². The first kappa shape index (κ1) is 15.5. The van der Waals surface area contributed by atoms with Crippen molar-refractivity contribution in [3.63, 3.8) is 0 Å². The van der Waals surface area contributed by atoms with Gasteiger partial charge < -0.3 is 10.5 Å². The van der Waals surface area contributed by atoms with Crippen LogP contribution in [0.25, 0.3) is 0 Å². The van der Waals surface area contributed by atoms with Crippen molar-refractivity contribution in [1.29, 1.82) is 0 Å². The Morgan fingerprint density at radius 2 is 1.90 bits per heavy atom. The van der Waals surface area contributed by atoms with E-state index in [1.165, 1.54) is 12.1 Å².